The summed E-state index contributed by atoms with van der Waals surface area (Å²) in [6.45, 7) is 11.8. The second kappa shape index (κ2) is 10.2. The van der Waals surface area contributed by atoms with Gasteiger partial charge in [0, 0.05) is 19.2 Å². The van der Waals surface area contributed by atoms with E-state index in [1.165, 1.54) is 0 Å². The van der Waals surface area contributed by atoms with Gasteiger partial charge in [-0.1, -0.05) is 6.92 Å². The van der Waals surface area contributed by atoms with Crippen molar-refractivity contribution in [3.05, 3.63) is 0 Å². The number of hydrogen-bond donors (Lipinski definition) is 1. The molecule has 0 fully saturated rings. The molecule has 4 nitrogen and oxygen atoms in total. The predicted molar refractivity (Wildman–Crippen MR) is 80.1 cm³/mol. The molecule has 0 rings (SSSR count). The Morgan fingerprint density at radius 3 is 2.47 bits per heavy atom. The number of nitrogens with one attached hydrogen (secondary N) is 1. The minimum Gasteiger partial charge on any atom is -0.380 e. The highest BCUT2D eigenvalue weighted by Gasteiger charge is 2.27. The van der Waals surface area contributed by atoms with Crippen LogP contribution in [0.5, 0.6) is 0 Å². The van der Waals surface area contributed by atoms with E-state index < -0.39 is 0 Å². The van der Waals surface area contributed by atoms with Crippen LogP contribution in [0.1, 0.15) is 47.0 Å². The summed E-state index contributed by atoms with van der Waals surface area (Å²) in [6, 6.07) is 2.81. The van der Waals surface area contributed by atoms with E-state index in [0.29, 0.717) is 6.04 Å². The summed E-state index contributed by atoms with van der Waals surface area (Å²) < 4.78 is 5.34. The second-order valence-corrected chi connectivity index (χ2v) is 5.45. The van der Waals surface area contributed by atoms with Gasteiger partial charge in [0.15, 0.2) is 0 Å². The first-order valence-corrected chi connectivity index (χ1v) is 7.45. The molecule has 0 radical (unpaired) electrons. The lowest BCUT2D eigenvalue weighted by molar-refractivity contribution is 0.121. The van der Waals surface area contributed by atoms with Crippen LogP contribution in [0.15, 0.2) is 0 Å². The Morgan fingerprint density at radius 2 is 2.00 bits per heavy atom. The minimum absolute atomic E-state index is 0.343. The quantitative estimate of drug-likeness (QED) is 0.585. The molecule has 0 heterocycles. The zero-order valence-corrected chi connectivity index (χ0v) is 13.3. The number of ether oxygens (including phenoxy) is 1. The lowest BCUT2D eigenvalue weighted by Gasteiger charge is -2.29. The molecular formula is C15H31N3O. The van der Waals surface area contributed by atoms with Crippen LogP contribution in [-0.2, 0) is 4.74 Å². The van der Waals surface area contributed by atoms with Crippen LogP contribution in [0.2, 0.25) is 0 Å². The SMILES string of the molecule is CCOCCN(C)CCCC(C#N)(CC)NC(C)C. The summed E-state index contributed by atoms with van der Waals surface area (Å²) in [5, 5.41) is 12.8. The van der Waals surface area contributed by atoms with Gasteiger partial charge in [-0.3, -0.25) is 5.32 Å². The van der Waals surface area contributed by atoms with Gasteiger partial charge in [-0.2, -0.15) is 5.26 Å². The highest BCUT2D eigenvalue weighted by molar-refractivity contribution is 5.06. The normalized spacial score (nSPS) is 14.6. The molecule has 1 atom stereocenters. The van der Waals surface area contributed by atoms with Crippen molar-refractivity contribution < 1.29 is 4.74 Å². The third-order valence-electron chi connectivity index (χ3n) is 3.35. The number of rotatable bonds is 11. The molecule has 0 spiro atoms. The van der Waals surface area contributed by atoms with Gasteiger partial charge >= 0.3 is 0 Å². The van der Waals surface area contributed by atoms with Gasteiger partial charge in [0.1, 0.15) is 5.54 Å². The minimum atomic E-state index is -0.366. The Balaban J connectivity index is 4.03. The second-order valence-electron chi connectivity index (χ2n) is 5.45. The smallest absolute Gasteiger partial charge is 0.106 e. The number of likely N-dealkylation sites (N-methyl/N-ethyl adjacent to an activating group) is 1. The van der Waals surface area contributed by atoms with Crippen LogP contribution in [0.4, 0.5) is 0 Å². The lowest BCUT2D eigenvalue weighted by Crippen LogP contribution is -2.47. The molecule has 0 saturated heterocycles. The van der Waals surface area contributed by atoms with Crippen LogP contribution in [0.3, 0.4) is 0 Å². The van der Waals surface area contributed by atoms with E-state index in [4.69, 9.17) is 4.74 Å². The van der Waals surface area contributed by atoms with Crippen LogP contribution >= 0.6 is 0 Å². The topological polar surface area (TPSA) is 48.3 Å². The first-order chi connectivity index (χ1) is 8.99. The molecule has 0 aromatic rings. The Kier molecular flexibility index (Phi) is 9.85. The zero-order valence-electron chi connectivity index (χ0n) is 13.3. The Hall–Kier alpha value is -0.630. The van der Waals surface area contributed by atoms with Gasteiger partial charge in [-0.05, 0) is 53.6 Å². The summed E-state index contributed by atoms with van der Waals surface area (Å²) in [5.74, 6) is 0. The summed E-state index contributed by atoms with van der Waals surface area (Å²) >= 11 is 0. The van der Waals surface area contributed by atoms with Gasteiger partial charge in [0.2, 0.25) is 0 Å². The molecular weight excluding hydrogens is 238 g/mol. The Bertz CT molecular complexity index is 263. The molecule has 4 heteroatoms. The van der Waals surface area contributed by atoms with Crippen LogP contribution < -0.4 is 5.32 Å². The molecule has 0 aliphatic rings. The molecule has 0 aromatic carbocycles. The van der Waals surface area contributed by atoms with Crippen molar-refractivity contribution in [3.63, 3.8) is 0 Å². The summed E-state index contributed by atoms with van der Waals surface area (Å²) in [4.78, 5) is 2.27. The number of nitrogens with zero attached hydrogens (tertiary/aromatic N) is 2. The molecule has 19 heavy (non-hydrogen) atoms. The summed E-state index contributed by atoms with van der Waals surface area (Å²) in [5.41, 5.74) is -0.366. The van der Waals surface area contributed by atoms with Gasteiger partial charge in [0.05, 0.1) is 12.7 Å². The van der Waals surface area contributed by atoms with Crippen molar-refractivity contribution >= 4 is 0 Å². The molecule has 0 saturated carbocycles. The molecule has 0 aliphatic heterocycles. The average Bonchev–Trinajstić information content (AvgIpc) is 2.37. The maximum absolute atomic E-state index is 9.42. The first-order valence-electron chi connectivity index (χ1n) is 7.45. The van der Waals surface area contributed by atoms with E-state index in [-0.39, 0.29) is 5.54 Å². The summed E-state index contributed by atoms with van der Waals surface area (Å²) in [6.07, 6.45) is 2.78. The maximum Gasteiger partial charge on any atom is 0.106 e. The van der Waals surface area contributed by atoms with Crippen molar-refractivity contribution in [2.75, 3.05) is 33.4 Å². The molecule has 0 bridgehead atoms. The third kappa shape index (κ3) is 8.20. The molecule has 0 aromatic heterocycles. The fourth-order valence-electron chi connectivity index (χ4n) is 2.20. The van der Waals surface area contributed by atoms with Crippen molar-refractivity contribution in [3.8, 4) is 6.07 Å². The number of hydrogen-bond acceptors (Lipinski definition) is 4. The van der Waals surface area contributed by atoms with Crippen LogP contribution in [-0.4, -0.2) is 49.8 Å². The highest BCUT2D eigenvalue weighted by Crippen LogP contribution is 2.17. The number of nitriles is 1. The summed E-state index contributed by atoms with van der Waals surface area (Å²) in [7, 11) is 2.11. The molecule has 0 aliphatic carbocycles. The predicted octanol–water partition coefficient (Wildman–Crippen LogP) is 2.41. The van der Waals surface area contributed by atoms with Gasteiger partial charge in [0.25, 0.3) is 0 Å². The Labute approximate surface area is 119 Å². The lowest BCUT2D eigenvalue weighted by atomic mass is 9.91. The van der Waals surface area contributed by atoms with Crippen molar-refractivity contribution in [2.24, 2.45) is 0 Å². The van der Waals surface area contributed by atoms with E-state index in [1.807, 2.05) is 6.92 Å². The third-order valence-corrected chi connectivity index (χ3v) is 3.35. The van der Waals surface area contributed by atoms with Crippen molar-refractivity contribution in [2.45, 2.75) is 58.5 Å². The standard InChI is InChI=1S/C15H31N3O/c1-6-15(13-16,17-14(3)4)9-8-10-18(5)11-12-19-7-2/h14,17H,6-12H2,1-5H3. The fourth-order valence-corrected chi connectivity index (χ4v) is 2.20. The van der Waals surface area contributed by atoms with Crippen molar-refractivity contribution in [1.29, 1.82) is 5.26 Å². The van der Waals surface area contributed by atoms with Gasteiger partial charge in [-0.15, -0.1) is 0 Å². The highest BCUT2D eigenvalue weighted by atomic mass is 16.5. The fraction of sp³-hybridized carbons (Fsp3) is 0.933. The van der Waals surface area contributed by atoms with Gasteiger partial charge < -0.3 is 9.64 Å². The molecule has 1 N–H and O–H groups in total. The van der Waals surface area contributed by atoms with E-state index in [2.05, 4.69) is 44.1 Å². The average molecular weight is 269 g/mol. The largest absolute Gasteiger partial charge is 0.380 e. The Morgan fingerprint density at radius 1 is 1.32 bits per heavy atom. The first kappa shape index (κ1) is 18.4. The molecule has 1 unspecified atom stereocenters. The van der Waals surface area contributed by atoms with Gasteiger partial charge in [-0.25, -0.2) is 0 Å². The van der Waals surface area contributed by atoms with E-state index >= 15 is 0 Å². The monoisotopic (exact) mass is 269 g/mol. The van der Waals surface area contributed by atoms with Crippen LogP contribution in [0.25, 0.3) is 0 Å². The molecule has 0 amide bonds. The molecule has 112 valence electrons. The zero-order chi connectivity index (χ0) is 14.7. The van der Waals surface area contributed by atoms with E-state index in [0.717, 1.165) is 45.6 Å². The maximum atomic E-state index is 9.42. The van der Waals surface area contributed by atoms with Crippen LogP contribution in [0, 0.1) is 11.3 Å². The van der Waals surface area contributed by atoms with E-state index in [9.17, 15) is 5.26 Å². The van der Waals surface area contributed by atoms with E-state index in [1.54, 1.807) is 0 Å². The van der Waals surface area contributed by atoms with Crippen molar-refractivity contribution in [1.82, 2.24) is 10.2 Å².